The summed E-state index contributed by atoms with van der Waals surface area (Å²) in [6.45, 7) is 2.18. The molecule has 0 aliphatic rings. The Balaban J connectivity index is 2.51. The first kappa shape index (κ1) is 15.3. The van der Waals surface area contributed by atoms with E-state index in [4.69, 9.17) is 10.8 Å². The number of carbonyl (C=O) groups is 1. The average molecular weight is 268 g/mol. The molecule has 0 spiro atoms. The SMILES string of the molecule is CC(CO)CNC(=O)[C@@H](N)Cc1ccc(O)c(O)c1. The largest absolute Gasteiger partial charge is 0.504 e. The predicted octanol–water partition coefficient (Wildman–Crippen LogP) is -0.288. The van der Waals surface area contributed by atoms with E-state index in [1.165, 1.54) is 12.1 Å². The quantitative estimate of drug-likeness (QED) is 0.455. The Morgan fingerprint density at radius 1 is 1.37 bits per heavy atom. The van der Waals surface area contributed by atoms with Gasteiger partial charge in [-0.1, -0.05) is 13.0 Å². The van der Waals surface area contributed by atoms with E-state index in [-0.39, 0.29) is 36.4 Å². The molecule has 0 aliphatic carbocycles. The lowest BCUT2D eigenvalue weighted by Crippen LogP contribution is -2.43. The number of nitrogens with two attached hydrogens (primary N) is 1. The second-order valence-electron chi connectivity index (χ2n) is 4.67. The molecular formula is C13H20N2O4. The van der Waals surface area contributed by atoms with Gasteiger partial charge in [0.05, 0.1) is 6.04 Å². The first-order chi connectivity index (χ1) is 8.93. The van der Waals surface area contributed by atoms with Gasteiger partial charge >= 0.3 is 0 Å². The number of amides is 1. The molecule has 2 atom stereocenters. The molecule has 6 N–H and O–H groups in total. The van der Waals surface area contributed by atoms with Crippen LogP contribution in [0.1, 0.15) is 12.5 Å². The molecule has 6 nitrogen and oxygen atoms in total. The van der Waals surface area contributed by atoms with Crippen LogP contribution in [0.25, 0.3) is 0 Å². The average Bonchev–Trinajstić information content (AvgIpc) is 2.39. The van der Waals surface area contributed by atoms with E-state index in [1.807, 2.05) is 6.92 Å². The van der Waals surface area contributed by atoms with Crippen molar-refractivity contribution in [1.82, 2.24) is 5.32 Å². The minimum absolute atomic E-state index is 0.00134. The molecular weight excluding hydrogens is 248 g/mol. The highest BCUT2D eigenvalue weighted by atomic mass is 16.3. The number of benzene rings is 1. The molecule has 1 aromatic carbocycles. The highest BCUT2D eigenvalue weighted by Crippen LogP contribution is 2.25. The summed E-state index contributed by atoms with van der Waals surface area (Å²) in [7, 11) is 0. The molecule has 0 aromatic heterocycles. The van der Waals surface area contributed by atoms with Crippen molar-refractivity contribution in [3.8, 4) is 11.5 Å². The molecule has 0 saturated heterocycles. The number of aliphatic hydroxyl groups excluding tert-OH is 1. The third-order valence-electron chi connectivity index (χ3n) is 2.77. The third-order valence-corrected chi connectivity index (χ3v) is 2.77. The minimum atomic E-state index is -0.741. The first-order valence-electron chi connectivity index (χ1n) is 6.09. The van der Waals surface area contributed by atoms with E-state index in [2.05, 4.69) is 5.32 Å². The van der Waals surface area contributed by atoms with Gasteiger partial charge in [-0.15, -0.1) is 0 Å². The van der Waals surface area contributed by atoms with Gasteiger partial charge in [0.1, 0.15) is 0 Å². The summed E-state index contributed by atoms with van der Waals surface area (Å²) in [6.07, 6.45) is 0.257. The van der Waals surface area contributed by atoms with Gasteiger partial charge in [-0.25, -0.2) is 0 Å². The zero-order valence-electron chi connectivity index (χ0n) is 10.8. The van der Waals surface area contributed by atoms with E-state index in [9.17, 15) is 15.0 Å². The van der Waals surface area contributed by atoms with Crippen LogP contribution in [-0.2, 0) is 11.2 Å². The van der Waals surface area contributed by atoms with Crippen LogP contribution >= 0.6 is 0 Å². The lowest BCUT2D eigenvalue weighted by atomic mass is 10.1. The highest BCUT2D eigenvalue weighted by molar-refractivity contribution is 5.81. The van der Waals surface area contributed by atoms with Crippen molar-refractivity contribution in [3.05, 3.63) is 23.8 Å². The van der Waals surface area contributed by atoms with Gasteiger partial charge < -0.3 is 26.4 Å². The van der Waals surface area contributed by atoms with Crippen LogP contribution in [0.4, 0.5) is 0 Å². The summed E-state index contributed by atoms with van der Waals surface area (Å²) in [5.74, 6) is -0.778. The predicted molar refractivity (Wildman–Crippen MR) is 70.7 cm³/mol. The fourth-order valence-corrected chi connectivity index (χ4v) is 1.51. The van der Waals surface area contributed by atoms with Crippen LogP contribution in [0.2, 0.25) is 0 Å². The van der Waals surface area contributed by atoms with Crippen LogP contribution in [-0.4, -0.2) is 40.4 Å². The van der Waals surface area contributed by atoms with Crippen LogP contribution in [0.5, 0.6) is 11.5 Å². The minimum Gasteiger partial charge on any atom is -0.504 e. The molecule has 1 amide bonds. The molecule has 0 aliphatic heterocycles. The van der Waals surface area contributed by atoms with E-state index >= 15 is 0 Å². The van der Waals surface area contributed by atoms with Crippen molar-refractivity contribution in [2.24, 2.45) is 11.7 Å². The molecule has 1 rings (SSSR count). The monoisotopic (exact) mass is 268 g/mol. The Kier molecular flexibility index (Phi) is 5.59. The molecule has 0 saturated carbocycles. The molecule has 1 aromatic rings. The molecule has 19 heavy (non-hydrogen) atoms. The number of hydrogen-bond acceptors (Lipinski definition) is 5. The van der Waals surface area contributed by atoms with Crippen molar-refractivity contribution in [1.29, 1.82) is 0 Å². The van der Waals surface area contributed by atoms with Gasteiger partial charge in [-0.3, -0.25) is 4.79 Å². The second-order valence-corrected chi connectivity index (χ2v) is 4.67. The van der Waals surface area contributed by atoms with Crippen LogP contribution < -0.4 is 11.1 Å². The number of rotatable bonds is 6. The Bertz CT molecular complexity index is 437. The van der Waals surface area contributed by atoms with Crippen molar-refractivity contribution < 1.29 is 20.1 Å². The zero-order chi connectivity index (χ0) is 14.4. The maximum Gasteiger partial charge on any atom is 0.237 e. The van der Waals surface area contributed by atoms with Gasteiger partial charge in [0.2, 0.25) is 5.91 Å². The Labute approximate surface area is 111 Å². The number of carbonyl (C=O) groups excluding carboxylic acids is 1. The van der Waals surface area contributed by atoms with E-state index in [1.54, 1.807) is 6.07 Å². The van der Waals surface area contributed by atoms with Crippen LogP contribution in [0.15, 0.2) is 18.2 Å². The molecule has 0 fully saturated rings. The summed E-state index contributed by atoms with van der Waals surface area (Å²) >= 11 is 0. The topological polar surface area (TPSA) is 116 Å². The molecule has 106 valence electrons. The Morgan fingerprint density at radius 2 is 2.05 bits per heavy atom. The molecule has 6 heteroatoms. The second kappa shape index (κ2) is 6.96. The van der Waals surface area contributed by atoms with E-state index < -0.39 is 6.04 Å². The zero-order valence-corrected chi connectivity index (χ0v) is 10.8. The summed E-state index contributed by atoms with van der Waals surface area (Å²) in [4.78, 5) is 11.7. The van der Waals surface area contributed by atoms with Crippen LogP contribution in [0, 0.1) is 5.92 Å². The summed E-state index contributed by atoms with van der Waals surface area (Å²) in [5.41, 5.74) is 6.41. The first-order valence-corrected chi connectivity index (χ1v) is 6.09. The lowest BCUT2D eigenvalue weighted by Gasteiger charge is -2.14. The van der Waals surface area contributed by atoms with Gasteiger partial charge in [0, 0.05) is 13.2 Å². The maximum absolute atomic E-state index is 11.7. The number of aliphatic hydroxyl groups is 1. The third kappa shape index (κ3) is 4.76. The van der Waals surface area contributed by atoms with E-state index in [0.29, 0.717) is 12.1 Å². The van der Waals surface area contributed by atoms with Crippen molar-refractivity contribution >= 4 is 5.91 Å². The summed E-state index contributed by atoms with van der Waals surface area (Å²) in [5, 5.41) is 30.0. The van der Waals surface area contributed by atoms with Gasteiger partial charge in [-0.2, -0.15) is 0 Å². The highest BCUT2D eigenvalue weighted by Gasteiger charge is 2.15. The van der Waals surface area contributed by atoms with Gasteiger partial charge in [0.25, 0.3) is 0 Å². The lowest BCUT2D eigenvalue weighted by molar-refractivity contribution is -0.122. The maximum atomic E-state index is 11.7. The van der Waals surface area contributed by atoms with E-state index in [0.717, 1.165) is 0 Å². The Hall–Kier alpha value is -1.79. The number of phenols is 2. The van der Waals surface area contributed by atoms with Crippen molar-refractivity contribution in [3.63, 3.8) is 0 Å². The van der Waals surface area contributed by atoms with Crippen LogP contribution in [0.3, 0.4) is 0 Å². The smallest absolute Gasteiger partial charge is 0.237 e. The molecule has 1 unspecified atom stereocenters. The fourth-order valence-electron chi connectivity index (χ4n) is 1.51. The summed E-state index contributed by atoms with van der Waals surface area (Å²) in [6, 6.07) is 3.58. The number of nitrogens with one attached hydrogen (secondary N) is 1. The number of phenolic OH excluding ortho intramolecular Hbond substituents is 2. The normalized spacial score (nSPS) is 13.8. The molecule has 0 bridgehead atoms. The van der Waals surface area contributed by atoms with Crippen molar-refractivity contribution in [2.45, 2.75) is 19.4 Å². The molecule has 0 heterocycles. The standard InChI is InChI=1S/C13H20N2O4/c1-8(7-16)6-15-13(19)10(14)4-9-2-3-11(17)12(18)5-9/h2-3,5,8,10,16-18H,4,6-7,14H2,1H3,(H,15,19)/t8?,10-/m0/s1. The van der Waals surface area contributed by atoms with Gasteiger partial charge in [0.15, 0.2) is 11.5 Å². The molecule has 0 radical (unpaired) electrons. The summed E-state index contributed by atoms with van der Waals surface area (Å²) < 4.78 is 0. The number of aromatic hydroxyl groups is 2. The van der Waals surface area contributed by atoms with Crippen molar-refractivity contribution in [2.75, 3.05) is 13.2 Å². The number of hydrogen-bond donors (Lipinski definition) is 5. The Morgan fingerprint density at radius 3 is 2.63 bits per heavy atom. The fraction of sp³-hybridized carbons (Fsp3) is 0.462. The van der Waals surface area contributed by atoms with Gasteiger partial charge in [-0.05, 0) is 30.0 Å².